The van der Waals surface area contributed by atoms with Gasteiger partial charge in [-0.15, -0.1) is 0 Å². The predicted molar refractivity (Wildman–Crippen MR) is 95.3 cm³/mol. The van der Waals surface area contributed by atoms with Gasteiger partial charge in [-0.2, -0.15) is 0 Å². The lowest BCUT2D eigenvalue weighted by molar-refractivity contribution is 0.126. The summed E-state index contributed by atoms with van der Waals surface area (Å²) in [5.41, 5.74) is 4.69. The van der Waals surface area contributed by atoms with Crippen LogP contribution in [0.1, 0.15) is 17.2 Å². The van der Waals surface area contributed by atoms with E-state index in [1.807, 2.05) is 72.8 Å². The van der Waals surface area contributed by atoms with Crippen molar-refractivity contribution in [3.05, 3.63) is 88.9 Å². The van der Waals surface area contributed by atoms with Crippen LogP contribution in [0.25, 0.3) is 11.1 Å². The maximum absolute atomic E-state index is 11.9. The highest BCUT2D eigenvalue weighted by Gasteiger charge is 2.27. The third-order valence-corrected chi connectivity index (χ3v) is 4.29. The molecule has 0 bridgehead atoms. The highest BCUT2D eigenvalue weighted by molar-refractivity contribution is 6.30. The zero-order valence-corrected chi connectivity index (χ0v) is 13.5. The van der Waals surface area contributed by atoms with Crippen molar-refractivity contribution in [3.63, 3.8) is 0 Å². The number of nitrogens with one attached hydrogen (secondary N) is 1. The van der Waals surface area contributed by atoms with Gasteiger partial charge in [-0.3, -0.25) is 5.32 Å². The Morgan fingerprint density at radius 2 is 1.67 bits per heavy atom. The van der Waals surface area contributed by atoms with Crippen molar-refractivity contribution in [1.82, 2.24) is 0 Å². The summed E-state index contributed by atoms with van der Waals surface area (Å²) in [5, 5.41) is 3.45. The molecule has 0 spiro atoms. The number of benzene rings is 3. The zero-order chi connectivity index (χ0) is 16.5. The fourth-order valence-electron chi connectivity index (χ4n) is 2.93. The van der Waals surface area contributed by atoms with E-state index in [-0.39, 0.29) is 0 Å². The number of hydrogen-bond donors (Lipinski definition) is 1. The summed E-state index contributed by atoms with van der Waals surface area (Å²) < 4.78 is 5.54. The van der Waals surface area contributed by atoms with Crippen LogP contribution in [0.15, 0.2) is 72.8 Å². The molecule has 3 aromatic carbocycles. The lowest BCUT2D eigenvalue weighted by Crippen LogP contribution is -2.25. The minimum atomic E-state index is -0.438. The van der Waals surface area contributed by atoms with Gasteiger partial charge in [0.15, 0.2) is 6.10 Å². The fraction of sp³-hybridized carbons (Fsp3) is 0.0500. The third kappa shape index (κ3) is 2.74. The molecular weight excluding hydrogens is 322 g/mol. The molecule has 0 aromatic heterocycles. The molecule has 0 radical (unpaired) electrons. The van der Waals surface area contributed by atoms with Gasteiger partial charge < -0.3 is 4.74 Å². The minimum Gasteiger partial charge on any atom is -0.436 e. The first kappa shape index (κ1) is 14.8. The first-order valence-electron chi connectivity index (χ1n) is 7.63. The topological polar surface area (TPSA) is 38.3 Å². The van der Waals surface area contributed by atoms with Gasteiger partial charge in [0, 0.05) is 10.6 Å². The van der Waals surface area contributed by atoms with Crippen LogP contribution in [0.4, 0.5) is 10.5 Å². The molecule has 1 aliphatic rings. The Labute approximate surface area is 144 Å². The molecule has 118 valence electrons. The molecule has 0 aliphatic carbocycles. The van der Waals surface area contributed by atoms with Crippen molar-refractivity contribution >= 4 is 23.4 Å². The van der Waals surface area contributed by atoms with E-state index in [4.69, 9.17) is 16.3 Å². The van der Waals surface area contributed by atoms with Gasteiger partial charge in [-0.05, 0) is 41.0 Å². The number of amides is 1. The van der Waals surface area contributed by atoms with Crippen LogP contribution < -0.4 is 5.32 Å². The van der Waals surface area contributed by atoms with Gasteiger partial charge in [-0.25, -0.2) is 4.79 Å². The lowest BCUT2D eigenvalue weighted by atomic mass is 9.94. The average molecular weight is 336 g/mol. The number of rotatable bonds is 2. The maximum Gasteiger partial charge on any atom is 0.412 e. The van der Waals surface area contributed by atoms with Gasteiger partial charge >= 0.3 is 6.09 Å². The molecule has 1 atom stereocenters. The number of anilines is 1. The van der Waals surface area contributed by atoms with Crippen LogP contribution >= 0.6 is 11.6 Å². The van der Waals surface area contributed by atoms with Crippen LogP contribution in [0.2, 0.25) is 5.02 Å². The van der Waals surface area contributed by atoms with Crippen LogP contribution in [0.3, 0.4) is 0 Å². The van der Waals surface area contributed by atoms with E-state index >= 15 is 0 Å². The predicted octanol–water partition coefficient (Wildman–Crippen LogP) is 5.66. The standard InChI is InChI=1S/C20H14ClNO2/c21-16-8-4-7-14(11-16)15-9-10-18-17(12-15)19(24-20(23)22-18)13-5-2-1-3-6-13/h1-12,19H,(H,22,23). The number of carbonyl (C=O) groups is 1. The van der Waals surface area contributed by atoms with Gasteiger partial charge in [0.2, 0.25) is 0 Å². The number of halogens is 1. The molecule has 1 amide bonds. The quantitative estimate of drug-likeness (QED) is 0.656. The molecule has 4 heteroatoms. The van der Waals surface area contributed by atoms with Gasteiger partial charge in [-0.1, -0.05) is 60.1 Å². The van der Waals surface area contributed by atoms with E-state index in [9.17, 15) is 4.79 Å². The van der Waals surface area contributed by atoms with E-state index in [2.05, 4.69) is 5.32 Å². The number of carbonyl (C=O) groups excluding carboxylic acids is 1. The molecule has 1 N–H and O–H groups in total. The Morgan fingerprint density at radius 3 is 2.46 bits per heavy atom. The van der Waals surface area contributed by atoms with Crippen molar-refractivity contribution in [3.8, 4) is 11.1 Å². The van der Waals surface area contributed by atoms with Gasteiger partial charge in [0.1, 0.15) is 0 Å². The third-order valence-electron chi connectivity index (χ3n) is 4.06. The number of hydrogen-bond acceptors (Lipinski definition) is 2. The number of cyclic esters (lactones) is 1. The monoisotopic (exact) mass is 335 g/mol. The summed E-state index contributed by atoms with van der Waals surface area (Å²) in [7, 11) is 0. The van der Waals surface area contributed by atoms with Crippen molar-refractivity contribution < 1.29 is 9.53 Å². The Morgan fingerprint density at radius 1 is 0.875 bits per heavy atom. The zero-order valence-electron chi connectivity index (χ0n) is 12.7. The number of ether oxygens (including phenoxy) is 1. The van der Waals surface area contributed by atoms with E-state index in [1.54, 1.807) is 0 Å². The van der Waals surface area contributed by atoms with Gasteiger partial charge in [0.05, 0.1) is 5.69 Å². The van der Waals surface area contributed by atoms with Crippen LogP contribution in [-0.2, 0) is 4.74 Å². The van der Waals surface area contributed by atoms with Crippen LogP contribution in [0.5, 0.6) is 0 Å². The first-order valence-corrected chi connectivity index (χ1v) is 8.01. The average Bonchev–Trinajstić information content (AvgIpc) is 2.61. The van der Waals surface area contributed by atoms with Crippen molar-refractivity contribution in [2.45, 2.75) is 6.10 Å². The lowest BCUT2D eigenvalue weighted by Gasteiger charge is -2.27. The summed E-state index contributed by atoms with van der Waals surface area (Å²) in [5.74, 6) is 0. The minimum absolute atomic E-state index is 0.422. The fourth-order valence-corrected chi connectivity index (χ4v) is 3.12. The molecule has 1 unspecified atom stereocenters. The summed E-state index contributed by atoms with van der Waals surface area (Å²) in [4.78, 5) is 11.9. The largest absolute Gasteiger partial charge is 0.436 e. The molecule has 1 aliphatic heterocycles. The van der Waals surface area contributed by atoms with Crippen LogP contribution in [0, 0.1) is 0 Å². The highest BCUT2D eigenvalue weighted by Crippen LogP contribution is 2.38. The first-order chi connectivity index (χ1) is 11.7. The summed E-state index contributed by atoms with van der Waals surface area (Å²) in [6.07, 6.45) is -0.860. The molecule has 0 fully saturated rings. The maximum atomic E-state index is 11.9. The van der Waals surface area contributed by atoms with E-state index < -0.39 is 12.2 Å². The normalized spacial score (nSPS) is 16.0. The molecule has 24 heavy (non-hydrogen) atoms. The highest BCUT2D eigenvalue weighted by atomic mass is 35.5. The molecule has 3 aromatic rings. The van der Waals surface area contributed by atoms with Crippen molar-refractivity contribution in [2.75, 3.05) is 5.32 Å². The summed E-state index contributed by atoms with van der Waals surface area (Å²) in [6, 6.07) is 23.3. The van der Waals surface area contributed by atoms with E-state index in [0.717, 1.165) is 27.9 Å². The Bertz CT molecular complexity index is 909. The molecule has 3 nitrogen and oxygen atoms in total. The molecule has 0 saturated carbocycles. The smallest absolute Gasteiger partial charge is 0.412 e. The Balaban J connectivity index is 1.83. The van der Waals surface area contributed by atoms with Crippen molar-refractivity contribution in [1.29, 1.82) is 0 Å². The van der Waals surface area contributed by atoms with E-state index in [1.165, 1.54) is 0 Å². The SMILES string of the molecule is O=C1Nc2ccc(-c3cccc(Cl)c3)cc2C(c2ccccc2)O1. The van der Waals surface area contributed by atoms with Gasteiger partial charge in [0.25, 0.3) is 0 Å². The second kappa shape index (κ2) is 6.02. The number of fused-ring (bicyclic) bond motifs is 1. The van der Waals surface area contributed by atoms with Crippen LogP contribution in [-0.4, -0.2) is 6.09 Å². The van der Waals surface area contributed by atoms with E-state index in [0.29, 0.717) is 5.02 Å². The second-order valence-electron chi connectivity index (χ2n) is 5.63. The summed E-state index contributed by atoms with van der Waals surface area (Å²) >= 11 is 6.10. The Kier molecular flexibility index (Phi) is 3.71. The Hall–Kier alpha value is -2.78. The second-order valence-corrected chi connectivity index (χ2v) is 6.07. The molecule has 1 heterocycles. The molecule has 0 saturated heterocycles. The molecule has 4 rings (SSSR count). The molecular formula is C20H14ClNO2. The van der Waals surface area contributed by atoms with Crippen molar-refractivity contribution in [2.24, 2.45) is 0 Å². The summed E-state index contributed by atoms with van der Waals surface area (Å²) in [6.45, 7) is 0.